The van der Waals surface area contributed by atoms with Crippen LogP contribution in [-0.2, 0) is 19.6 Å². The van der Waals surface area contributed by atoms with E-state index in [0.717, 1.165) is 29.7 Å². The molecule has 11 heteroatoms. The van der Waals surface area contributed by atoms with Crippen molar-refractivity contribution in [1.82, 2.24) is 9.29 Å². The number of amides is 2. The van der Waals surface area contributed by atoms with Crippen LogP contribution >= 0.6 is 23.2 Å². The average Bonchev–Trinajstić information content (AvgIpc) is 3.51. The van der Waals surface area contributed by atoms with Gasteiger partial charge >= 0.3 is 0 Å². The number of carbonyl (C=O) groups excluding carboxylic acids is 2. The molecule has 0 N–H and O–H groups in total. The zero-order valence-electron chi connectivity index (χ0n) is 21.3. The molecule has 6 rings (SSSR count). The molecule has 1 aromatic heterocycles. The number of halogens is 2. The molecule has 40 heavy (non-hydrogen) atoms. The van der Waals surface area contributed by atoms with Crippen molar-refractivity contribution in [3.63, 3.8) is 0 Å². The van der Waals surface area contributed by atoms with Crippen LogP contribution in [0.5, 0.6) is 0 Å². The molecule has 2 heterocycles. The van der Waals surface area contributed by atoms with Crippen LogP contribution in [0.4, 0.5) is 5.69 Å². The number of hydrogen-bond acceptors (Lipinski definition) is 6. The molecule has 2 aliphatic rings. The number of imide groups is 1. The predicted octanol–water partition coefficient (Wildman–Crippen LogP) is 6.46. The molecule has 2 amide bonds. The summed E-state index contributed by atoms with van der Waals surface area (Å²) in [6.45, 7) is 0. The molecule has 0 radical (unpaired) electrons. The number of rotatable bonds is 6. The summed E-state index contributed by atoms with van der Waals surface area (Å²) in [5.41, 5.74) is 2.40. The summed E-state index contributed by atoms with van der Waals surface area (Å²) in [6, 6.07) is 16.7. The fraction of sp³-hybridized carbons (Fsp3) is 0.276. The molecule has 0 bridgehead atoms. The summed E-state index contributed by atoms with van der Waals surface area (Å²) in [4.78, 5) is 32.4. The van der Waals surface area contributed by atoms with Gasteiger partial charge in [0.2, 0.25) is 21.8 Å². The Bertz CT molecular complexity index is 1680. The van der Waals surface area contributed by atoms with Gasteiger partial charge in [0.05, 0.1) is 17.1 Å². The molecule has 1 aliphatic carbocycles. The lowest BCUT2D eigenvalue weighted by Gasteiger charge is -2.36. The summed E-state index contributed by atoms with van der Waals surface area (Å²) >= 11 is 12.4. The molecule has 3 aromatic carbocycles. The second-order valence-corrected chi connectivity index (χ2v) is 12.7. The van der Waals surface area contributed by atoms with Crippen molar-refractivity contribution < 1.29 is 22.4 Å². The molecular weight excluding hydrogens is 573 g/mol. The van der Waals surface area contributed by atoms with Gasteiger partial charge < -0.3 is 4.42 Å². The van der Waals surface area contributed by atoms with Gasteiger partial charge in [-0.2, -0.15) is 4.31 Å². The molecule has 1 unspecified atom stereocenters. The van der Waals surface area contributed by atoms with Crippen LogP contribution in [-0.4, -0.2) is 41.6 Å². The van der Waals surface area contributed by atoms with E-state index in [1.54, 1.807) is 24.3 Å². The Morgan fingerprint density at radius 3 is 2.38 bits per heavy atom. The van der Waals surface area contributed by atoms with E-state index >= 15 is 0 Å². The number of aromatic nitrogens is 1. The summed E-state index contributed by atoms with van der Waals surface area (Å²) < 4.78 is 35.1. The predicted molar refractivity (Wildman–Crippen MR) is 153 cm³/mol. The van der Waals surface area contributed by atoms with E-state index in [0.29, 0.717) is 35.6 Å². The minimum atomic E-state index is -4.26. The van der Waals surface area contributed by atoms with Gasteiger partial charge in [0.1, 0.15) is 16.5 Å². The third-order valence-electron chi connectivity index (χ3n) is 7.48. The second kappa shape index (κ2) is 10.6. The van der Waals surface area contributed by atoms with Crippen LogP contribution in [0.25, 0.3) is 22.6 Å². The number of hydrogen-bond donors (Lipinski definition) is 0. The van der Waals surface area contributed by atoms with E-state index in [-0.39, 0.29) is 21.4 Å². The lowest BCUT2D eigenvalue weighted by molar-refractivity contribution is -0.122. The first-order chi connectivity index (χ1) is 19.2. The fourth-order valence-electron chi connectivity index (χ4n) is 5.58. The van der Waals surface area contributed by atoms with Crippen LogP contribution in [0, 0.1) is 0 Å². The van der Waals surface area contributed by atoms with E-state index in [4.69, 9.17) is 27.6 Å². The molecule has 0 spiro atoms. The quantitative estimate of drug-likeness (QED) is 0.236. The number of fused-ring (bicyclic) bond motifs is 1. The van der Waals surface area contributed by atoms with Crippen molar-refractivity contribution in [1.29, 1.82) is 0 Å². The molecule has 2 fully saturated rings. The Labute approximate surface area is 241 Å². The van der Waals surface area contributed by atoms with Gasteiger partial charge in [0, 0.05) is 16.6 Å². The van der Waals surface area contributed by atoms with Crippen molar-refractivity contribution in [2.75, 3.05) is 4.90 Å². The second-order valence-electron chi connectivity index (χ2n) is 10.0. The molecule has 206 valence electrons. The maximum absolute atomic E-state index is 14.0. The van der Waals surface area contributed by atoms with Crippen LogP contribution in [0.2, 0.25) is 10.0 Å². The smallest absolute Gasteiger partial charge is 0.252 e. The van der Waals surface area contributed by atoms with Crippen molar-refractivity contribution in [2.45, 2.75) is 55.5 Å². The number of para-hydroxylation sites is 2. The Kier molecular flexibility index (Phi) is 7.16. The Balaban J connectivity index is 1.33. The molecular formula is C29H25Cl2N3O5S. The highest BCUT2D eigenvalue weighted by Crippen LogP contribution is 2.38. The van der Waals surface area contributed by atoms with E-state index in [1.807, 2.05) is 24.3 Å². The Morgan fingerprint density at radius 2 is 1.65 bits per heavy atom. The maximum Gasteiger partial charge on any atom is 0.252 e. The molecule has 8 nitrogen and oxygen atoms in total. The van der Waals surface area contributed by atoms with E-state index in [9.17, 15) is 18.0 Å². The van der Waals surface area contributed by atoms with Crippen LogP contribution in [0.1, 0.15) is 38.5 Å². The lowest BCUT2D eigenvalue weighted by Crippen LogP contribution is -2.51. The van der Waals surface area contributed by atoms with E-state index < -0.39 is 33.9 Å². The molecule has 4 aromatic rings. The largest absolute Gasteiger partial charge is 0.436 e. The summed E-state index contributed by atoms with van der Waals surface area (Å²) in [6.07, 6.45) is 3.56. The molecule has 1 aliphatic heterocycles. The third kappa shape index (κ3) is 4.81. The van der Waals surface area contributed by atoms with Gasteiger partial charge in [-0.3, -0.25) is 9.59 Å². The molecule has 1 atom stereocenters. The van der Waals surface area contributed by atoms with Crippen LogP contribution in [0.15, 0.2) is 76.0 Å². The Morgan fingerprint density at radius 1 is 0.925 bits per heavy atom. The van der Waals surface area contributed by atoms with Crippen LogP contribution in [0.3, 0.4) is 0 Å². The van der Waals surface area contributed by atoms with Gasteiger partial charge in [-0.15, -0.1) is 0 Å². The van der Waals surface area contributed by atoms with E-state index in [1.165, 1.54) is 22.5 Å². The Hall–Kier alpha value is -3.24. The minimum absolute atomic E-state index is 0.00798. The first-order valence-corrected chi connectivity index (χ1v) is 15.2. The normalized spacial score (nSPS) is 18.8. The monoisotopic (exact) mass is 597 g/mol. The topological polar surface area (TPSA) is 101 Å². The highest BCUT2D eigenvalue weighted by atomic mass is 35.5. The van der Waals surface area contributed by atoms with Crippen molar-refractivity contribution in [2.24, 2.45) is 0 Å². The van der Waals surface area contributed by atoms with Gasteiger partial charge in [-0.1, -0.05) is 54.6 Å². The standard InChI is InChI=1S/C29H25Cl2N3O5S/c30-19-12-15-22(31)26(16-19)40(37,38)34(21-6-2-1-3-7-21)24-17-27(35)33(29(24)36)20-13-10-18(11-14-20)28-32-23-8-4-5-9-25(23)39-28/h4-5,8-16,21,24H,1-3,6-7,17H2. The highest BCUT2D eigenvalue weighted by molar-refractivity contribution is 7.89. The third-order valence-corrected chi connectivity index (χ3v) is 10.2. The lowest BCUT2D eigenvalue weighted by atomic mass is 9.94. The van der Waals surface area contributed by atoms with Gasteiger partial charge in [0.25, 0.3) is 5.91 Å². The number of sulfonamides is 1. The molecule has 1 saturated heterocycles. The summed E-state index contributed by atoms with van der Waals surface area (Å²) in [7, 11) is -4.26. The fourth-order valence-corrected chi connectivity index (χ4v) is 8.14. The first-order valence-electron chi connectivity index (χ1n) is 13.1. The molecule has 1 saturated carbocycles. The zero-order valence-corrected chi connectivity index (χ0v) is 23.6. The number of oxazole rings is 1. The average molecular weight is 599 g/mol. The number of anilines is 1. The van der Waals surface area contributed by atoms with Crippen molar-refractivity contribution in [3.8, 4) is 11.5 Å². The van der Waals surface area contributed by atoms with E-state index in [2.05, 4.69) is 4.98 Å². The van der Waals surface area contributed by atoms with Gasteiger partial charge in [-0.05, 0) is 67.4 Å². The minimum Gasteiger partial charge on any atom is -0.436 e. The first kappa shape index (κ1) is 27.0. The zero-order chi connectivity index (χ0) is 28.0. The number of nitrogens with zero attached hydrogens (tertiary/aromatic N) is 3. The van der Waals surface area contributed by atoms with Crippen molar-refractivity contribution >= 4 is 61.8 Å². The number of benzene rings is 3. The van der Waals surface area contributed by atoms with Crippen LogP contribution < -0.4 is 4.90 Å². The summed E-state index contributed by atoms with van der Waals surface area (Å²) in [5.74, 6) is -0.651. The van der Waals surface area contributed by atoms with Gasteiger partial charge in [-0.25, -0.2) is 18.3 Å². The summed E-state index contributed by atoms with van der Waals surface area (Å²) in [5, 5.41) is 0.217. The SMILES string of the molecule is O=C1CC(N(C2CCCCC2)S(=O)(=O)c2cc(Cl)ccc2Cl)C(=O)N1c1ccc(-c2nc3ccccc3o2)cc1. The highest BCUT2D eigenvalue weighted by Gasteiger charge is 2.49. The maximum atomic E-state index is 14.0. The number of carbonyl (C=O) groups is 2. The van der Waals surface area contributed by atoms with Gasteiger partial charge in [0.15, 0.2) is 5.58 Å². The van der Waals surface area contributed by atoms with Crippen molar-refractivity contribution in [3.05, 3.63) is 76.8 Å².